The Morgan fingerprint density at radius 1 is 1.30 bits per heavy atom. The maximum atomic E-state index is 10.0. The van der Waals surface area contributed by atoms with E-state index in [0.717, 1.165) is 31.6 Å². The fourth-order valence-corrected chi connectivity index (χ4v) is 2.35. The zero-order valence-electron chi connectivity index (χ0n) is 12.9. The second kappa shape index (κ2) is 9.08. The molecule has 1 atom stereocenters. The Hall–Kier alpha value is -0.940. The summed E-state index contributed by atoms with van der Waals surface area (Å²) < 4.78 is 5.12. The molecule has 2 N–H and O–H groups in total. The van der Waals surface area contributed by atoms with Crippen molar-refractivity contribution in [1.29, 1.82) is 0 Å². The molecule has 114 valence electrons. The minimum Gasteiger partial charge on any atom is -0.394 e. The van der Waals surface area contributed by atoms with Gasteiger partial charge in [-0.25, -0.2) is 0 Å². The zero-order chi connectivity index (χ0) is 14.8. The summed E-state index contributed by atoms with van der Waals surface area (Å²) in [5, 5.41) is 13.5. The third-order valence-electron chi connectivity index (χ3n) is 3.53. The molecule has 0 spiro atoms. The number of hydrogen-bond acceptors (Lipinski definition) is 4. The first kappa shape index (κ1) is 17.1. The Balaban J connectivity index is 2.87. The number of aliphatic hydroxyl groups is 1. The SMILES string of the molecule is CCCNC(CO)(CN(C)CCOC)c1ccccc1. The lowest BCUT2D eigenvalue weighted by atomic mass is 9.89. The summed E-state index contributed by atoms with van der Waals surface area (Å²) in [6.07, 6.45) is 1.04. The lowest BCUT2D eigenvalue weighted by molar-refractivity contribution is 0.0984. The fourth-order valence-electron chi connectivity index (χ4n) is 2.35. The van der Waals surface area contributed by atoms with Gasteiger partial charge in [-0.3, -0.25) is 0 Å². The van der Waals surface area contributed by atoms with Crippen LogP contribution in [0.1, 0.15) is 18.9 Å². The van der Waals surface area contributed by atoms with E-state index in [1.165, 1.54) is 0 Å². The molecule has 4 heteroatoms. The Bertz CT molecular complexity index is 359. The maximum absolute atomic E-state index is 10.0. The molecule has 0 radical (unpaired) electrons. The van der Waals surface area contributed by atoms with Gasteiger partial charge in [-0.15, -0.1) is 0 Å². The number of aliphatic hydroxyl groups excluding tert-OH is 1. The summed E-state index contributed by atoms with van der Waals surface area (Å²) in [6.45, 7) is 5.38. The van der Waals surface area contributed by atoms with E-state index in [-0.39, 0.29) is 6.61 Å². The molecule has 0 saturated carbocycles. The average molecular weight is 280 g/mol. The Labute approximate surface area is 122 Å². The molecule has 0 aliphatic rings. The van der Waals surface area contributed by atoms with Crippen molar-refractivity contribution in [2.75, 3.05) is 47.0 Å². The predicted molar refractivity (Wildman–Crippen MR) is 82.9 cm³/mol. The van der Waals surface area contributed by atoms with Crippen molar-refractivity contribution >= 4 is 0 Å². The second-order valence-corrected chi connectivity index (χ2v) is 5.26. The van der Waals surface area contributed by atoms with Crippen LogP contribution in [0.3, 0.4) is 0 Å². The van der Waals surface area contributed by atoms with Crippen LogP contribution in [0.25, 0.3) is 0 Å². The molecule has 20 heavy (non-hydrogen) atoms. The molecule has 1 aromatic carbocycles. The molecular weight excluding hydrogens is 252 g/mol. The smallest absolute Gasteiger partial charge is 0.0797 e. The molecule has 1 rings (SSSR count). The van der Waals surface area contributed by atoms with Crippen molar-refractivity contribution in [3.8, 4) is 0 Å². The first-order chi connectivity index (χ1) is 9.68. The van der Waals surface area contributed by atoms with Crippen LogP contribution in [0.5, 0.6) is 0 Å². The van der Waals surface area contributed by atoms with E-state index in [0.29, 0.717) is 6.61 Å². The van der Waals surface area contributed by atoms with Gasteiger partial charge in [0.25, 0.3) is 0 Å². The fraction of sp³-hybridized carbons (Fsp3) is 0.625. The second-order valence-electron chi connectivity index (χ2n) is 5.26. The molecule has 1 aromatic rings. The number of ether oxygens (including phenoxy) is 1. The Morgan fingerprint density at radius 3 is 2.55 bits per heavy atom. The normalized spacial score (nSPS) is 14.4. The minimum atomic E-state index is -0.417. The van der Waals surface area contributed by atoms with Gasteiger partial charge in [0, 0.05) is 20.2 Å². The maximum Gasteiger partial charge on any atom is 0.0797 e. The van der Waals surface area contributed by atoms with E-state index in [2.05, 4.69) is 36.3 Å². The topological polar surface area (TPSA) is 44.7 Å². The van der Waals surface area contributed by atoms with E-state index >= 15 is 0 Å². The number of benzene rings is 1. The summed E-state index contributed by atoms with van der Waals surface area (Å²) in [7, 11) is 3.76. The van der Waals surface area contributed by atoms with Gasteiger partial charge in [0.1, 0.15) is 0 Å². The number of methoxy groups -OCH3 is 1. The minimum absolute atomic E-state index is 0.0777. The van der Waals surface area contributed by atoms with Crippen LogP contribution in [0.4, 0.5) is 0 Å². The van der Waals surface area contributed by atoms with E-state index in [1.807, 2.05) is 18.2 Å². The van der Waals surface area contributed by atoms with Crippen LogP contribution in [-0.2, 0) is 10.3 Å². The molecule has 0 aliphatic carbocycles. The van der Waals surface area contributed by atoms with E-state index in [1.54, 1.807) is 7.11 Å². The van der Waals surface area contributed by atoms with Gasteiger partial charge in [-0.1, -0.05) is 37.3 Å². The number of likely N-dealkylation sites (N-methyl/N-ethyl adjacent to an activating group) is 1. The van der Waals surface area contributed by atoms with Gasteiger partial charge >= 0.3 is 0 Å². The number of hydrogen-bond donors (Lipinski definition) is 2. The highest BCUT2D eigenvalue weighted by atomic mass is 16.5. The van der Waals surface area contributed by atoms with Gasteiger partial charge in [-0.05, 0) is 25.6 Å². The molecule has 0 aliphatic heterocycles. The van der Waals surface area contributed by atoms with Crippen molar-refractivity contribution in [3.05, 3.63) is 35.9 Å². The standard InChI is InChI=1S/C16H28N2O2/c1-4-10-17-16(14-19,13-18(2)11-12-20-3)15-8-6-5-7-9-15/h5-9,17,19H,4,10-14H2,1-3H3. The molecule has 0 bridgehead atoms. The molecule has 0 heterocycles. The largest absolute Gasteiger partial charge is 0.394 e. The molecular formula is C16H28N2O2. The van der Waals surface area contributed by atoms with E-state index < -0.39 is 5.54 Å². The highest BCUT2D eigenvalue weighted by Gasteiger charge is 2.31. The molecule has 0 fully saturated rings. The summed E-state index contributed by atoms with van der Waals surface area (Å²) in [5.41, 5.74) is 0.708. The molecule has 1 unspecified atom stereocenters. The number of rotatable bonds is 10. The van der Waals surface area contributed by atoms with Crippen LogP contribution >= 0.6 is 0 Å². The van der Waals surface area contributed by atoms with Gasteiger partial charge in [-0.2, -0.15) is 0 Å². The van der Waals surface area contributed by atoms with Crippen molar-refractivity contribution in [2.24, 2.45) is 0 Å². The van der Waals surface area contributed by atoms with Gasteiger partial charge in [0.05, 0.1) is 18.8 Å². The summed E-state index contributed by atoms with van der Waals surface area (Å²) >= 11 is 0. The van der Waals surface area contributed by atoms with Crippen LogP contribution < -0.4 is 5.32 Å². The van der Waals surface area contributed by atoms with Crippen LogP contribution in [0.2, 0.25) is 0 Å². The molecule has 0 saturated heterocycles. The van der Waals surface area contributed by atoms with E-state index in [4.69, 9.17) is 4.74 Å². The average Bonchev–Trinajstić information content (AvgIpc) is 2.50. The van der Waals surface area contributed by atoms with Crippen molar-refractivity contribution < 1.29 is 9.84 Å². The summed E-state index contributed by atoms with van der Waals surface area (Å²) in [6, 6.07) is 10.2. The van der Waals surface area contributed by atoms with E-state index in [9.17, 15) is 5.11 Å². The lowest BCUT2D eigenvalue weighted by Gasteiger charge is -2.37. The summed E-state index contributed by atoms with van der Waals surface area (Å²) in [4.78, 5) is 2.19. The third kappa shape index (κ3) is 4.87. The number of nitrogens with one attached hydrogen (secondary N) is 1. The highest BCUT2D eigenvalue weighted by molar-refractivity contribution is 5.25. The Kier molecular flexibility index (Phi) is 7.77. The monoisotopic (exact) mass is 280 g/mol. The van der Waals surface area contributed by atoms with Gasteiger partial charge in [0.15, 0.2) is 0 Å². The zero-order valence-corrected chi connectivity index (χ0v) is 12.9. The first-order valence-electron chi connectivity index (χ1n) is 7.27. The van der Waals surface area contributed by atoms with Gasteiger partial charge < -0.3 is 20.1 Å². The molecule has 0 amide bonds. The quantitative estimate of drug-likeness (QED) is 0.681. The predicted octanol–water partition coefficient (Wildman–Crippen LogP) is 1.45. The van der Waals surface area contributed by atoms with Crippen LogP contribution in [-0.4, -0.2) is 57.0 Å². The third-order valence-corrected chi connectivity index (χ3v) is 3.53. The van der Waals surface area contributed by atoms with Crippen molar-refractivity contribution in [2.45, 2.75) is 18.9 Å². The Morgan fingerprint density at radius 2 is 2.00 bits per heavy atom. The number of nitrogens with zero attached hydrogens (tertiary/aromatic N) is 1. The van der Waals surface area contributed by atoms with Crippen LogP contribution in [0.15, 0.2) is 30.3 Å². The van der Waals surface area contributed by atoms with Crippen LogP contribution in [0, 0.1) is 0 Å². The molecule has 0 aromatic heterocycles. The lowest BCUT2D eigenvalue weighted by Crippen LogP contribution is -2.53. The summed E-state index contributed by atoms with van der Waals surface area (Å²) in [5.74, 6) is 0. The van der Waals surface area contributed by atoms with Crippen molar-refractivity contribution in [3.63, 3.8) is 0 Å². The molecule has 4 nitrogen and oxygen atoms in total. The highest BCUT2D eigenvalue weighted by Crippen LogP contribution is 2.22. The van der Waals surface area contributed by atoms with Gasteiger partial charge in [0.2, 0.25) is 0 Å². The first-order valence-corrected chi connectivity index (χ1v) is 7.27. The van der Waals surface area contributed by atoms with Crippen molar-refractivity contribution in [1.82, 2.24) is 10.2 Å².